The van der Waals surface area contributed by atoms with E-state index in [9.17, 15) is 9.59 Å². The fourth-order valence-corrected chi connectivity index (χ4v) is 1.49. The van der Waals surface area contributed by atoms with Crippen LogP contribution in [-0.2, 0) is 4.79 Å². The molecule has 0 saturated heterocycles. The summed E-state index contributed by atoms with van der Waals surface area (Å²) in [5.41, 5.74) is 5.45. The predicted molar refractivity (Wildman–Crippen MR) is 57.4 cm³/mol. The molecule has 0 fully saturated rings. The molecule has 0 amide bonds. The van der Waals surface area contributed by atoms with Crippen molar-refractivity contribution < 1.29 is 24.2 Å². The fraction of sp³-hybridized carbons (Fsp3) is 0.273. The lowest BCUT2D eigenvalue weighted by Crippen LogP contribution is -2.38. The summed E-state index contributed by atoms with van der Waals surface area (Å²) in [6.07, 6.45) is 0. The molecule has 1 aromatic rings. The van der Waals surface area contributed by atoms with Gasteiger partial charge >= 0.3 is 5.97 Å². The van der Waals surface area contributed by atoms with Crippen molar-refractivity contribution in [1.29, 1.82) is 0 Å². The zero-order chi connectivity index (χ0) is 12.4. The highest BCUT2D eigenvalue weighted by Gasteiger charge is 2.24. The van der Waals surface area contributed by atoms with Gasteiger partial charge in [-0.1, -0.05) is 0 Å². The largest absolute Gasteiger partial charge is 0.486 e. The number of carboxylic acid groups (broad SMARTS) is 1. The van der Waals surface area contributed by atoms with E-state index >= 15 is 0 Å². The van der Waals surface area contributed by atoms with E-state index in [4.69, 9.17) is 20.3 Å². The minimum Gasteiger partial charge on any atom is -0.486 e. The van der Waals surface area contributed by atoms with E-state index in [2.05, 4.69) is 0 Å². The summed E-state index contributed by atoms with van der Waals surface area (Å²) < 4.78 is 10.6. The summed E-state index contributed by atoms with van der Waals surface area (Å²) in [6.45, 7) is 0.852. The Morgan fingerprint density at radius 2 is 1.88 bits per heavy atom. The summed E-state index contributed by atoms with van der Waals surface area (Å²) in [5, 5.41) is 8.65. The van der Waals surface area contributed by atoms with Crippen molar-refractivity contribution in [2.24, 2.45) is 5.73 Å². The zero-order valence-electron chi connectivity index (χ0n) is 8.88. The van der Waals surface area contributed by atoms with Crippen LogP contribution in [-0.4, -0.2) is 36.1 Å². The number of ether oxygens (including phenoxy) is 2. The third-order valence-electron chi connectivity index (χ3n) is 2.38. The number of benzene rings is 1. The minimum absolute atomic E-state index is 0.198. The topological polar surface area (TPSA) is 98.9 Å². The Hall–Kier alpha value is -2.08. The van der Waals surface area contributed by atoms with Crippen molar-refractivity contribution in [3.8, 4) is 11.5 Å². The number of rotatable bonds is 3. The maximum absolute atomic E-state index is 11.7. The number of hydrogen-bond donors (Lipinski definition) is 2. The molecule has 0 spiro atoms. The van der Waals surface area contributed by atoms with Crippen LogP contribution in [0.25, 0.3) is 0 Å². The normalized spacial score (nSPS) is 15.1. The number of nitrogens with two attached hydrogens (primary N) is 1. The molecule has 0 aromatic heterocycles. The maximum Gasteiger partial charge on any atom is 0.328 e. The third kappa shape index (κ3) is 2.21. The number of ketones is 1. The SMILES string of the molecule is NC(C(=O)O)C(=O)c1ccc2c(c1)OCCO2. The first-order chi connectivity index (χ1) is 8.09. The first-order valence-electron chi connectivity index (χ1n) is 5.02. The minimum atomic E-state index is -1.56. The van der Waals surface area contributed by atoms with Crippen LogP contribution in [0.15, 0.2) is 18.2 Å². The molecular weight excluding hydrogens is 226 g/mol. The van der Waals surface area contributed by atoms with Gasteiger partial charge in [-0.05, 0) is 18.2 Å². The third-order valence-corrected chi connectivity index (χ3v) is 2.38. The number of carbonyl (C=O) groups is 2. The molecule has 1 unspecified atom stereocenters. The van der Waals surface area contributed by atoms with E-state index in [1.807, 2.05) is 0 Å². The molecule has 1 aromatic carbocycles. The predicted octanol–water partition coefficient (Wildman–Crippen LogP) is 0.0524. The molecule has 0 radical (unpaired) electrons. The first-order valence-corrected chi connectivity index (χ1v) is 5.02. The molecule has 2 rings (SSSR count). The molecule has 0 aliphatic carbocycles. The molecule has 1 atom stereocenters. The van der Waals surface area contributed by atoms with Crippen LogP contribution in [0.5, 0.6) is 11.5 Å². The average molecular weight is 237 g/mol. The van der Waals surface area contributed by atoms with Crippen LogP contribution >= 0.6 is 0 Å². The maximum atomic E-state index is 11.7. The number of fused-ring (bicyclic) bond motifs is 1. The molecule has 1 aliphatic heterocycles. The van der Waals surface area contributed by atoms with Gasteiger partial charge in [0.25, 0.3) is 0 Å². The van der Waals surface area contributed by atoms with Crippen molar-refractivity contribution in [2.75, 3.05) is 13.2 Å². The van der Waals surface area contributed by atoms with Gasteiger partial charge in [0, 0.05) is 5.56 Å². The lowest BCUT2D eigenvalue weighted by Gasteiger charge is -2.18. The highest BCUT2D eigenvalue weighted by Crippen LogP contribution is 2.30. The van der Waals surface area contributed by atoms with Gasteiger partial charge in [-0.25, -0.2) is 0 Å². The molecular formula is C11H11NO5. The summed E-state index contributed by atoms with van der Waals surface area (Å²) in [5.74, 6) is -1.05. The van der Waals surface area contributed by atoms with Gasteiger partial charge in [0.2, 0.25) is 0 Å². The smallest absolute Gasteiger partial charge is 0.328 e. The molecule has 3 N–H and O–H groups in total. The van der Waals surface area contributed by atoms with E-state index in [0.29, 0.717) is 24.7 Å². The summed E-state index contributed by atoms with van der Waals surface area (Å²) >= 11 is 0. The molecule has 6 nitrogen and oxygen atoms in total. The molecule has 0 saturated carbocycles. The van der Waals surface area contributed by atoms with Crippen LogP contribution in [0.3, 0.4) is 0 Å². The first kappa shape index (κ1) is 11.4. The van der Waals surface area contributed by atoms with E-state index in [1.54, 1.807) is 6.07 Å². The lowest BCUT2D eigenvalue weighted by molar-refractivity contribution is -0.137. The average Bonchev–Trinajstić information content (AvgIpc) is 2.36. The summed E-state index contributed by atoms with van der Waals surface area (Å²) in [7, 11) is 0. The Labute approximate surface area is 96.9 Å². The Morgan fingerprint density at radius 1 is 1.24 bits per heavy atom. The quantitative estimate of drug-likeness (QED) is 0.569. The van der Waals surface area contributed by atoms with Crippen LogP contribution in [0.2, 0.25) is 0 Å². The van der Waals surface area contributed by atoms with Gasteiger partial charge in [0.15, 0.2) is 23.3 Å². The Kier molecular flexibility index (Phi) is 2.97. The number of Topliss-reactive ketones (excluding diaryl/α,β-unsaturated/α-hetero) is 1. The Morgan fingerprint density at radius 3 is 2.53 bits per heavy atom. The van der Waals surface area contributed by atoms with E-state index in [1.165, 1.54) is 12.1 Å². The lowest BCUT2D eigenvalue weighted by atomic mass is 10.0. The molecule has 90 valence electrons. The van der Waals surface area contributed by atoms with Gasteiger partial charge in [-0.3, -0.25) is 9.59 Å². The molecule has 17 heavy (non-hydrogen) atoms. The fourth-order valence-electron chi connectivity index (χ4n) is 1.49. The van der Waals surface area contributed by atoms with Gasteiger partial charge < -0.3 is 20.3 Å². The van der Waals surface area contributed by atoms with Crippen molar-refractivity contribution in [3.05, 3.63) is 23.8 Å². The molecule has 1 aliphatic rings. The highest BCUT2D eigenvalue weighted by atomic mass is 16.6. The van der Waals surface area contributed by atoms with Gasteiger partial charge in [-0.2, -0.15) is 0 Å². The van der Waals surface area contributed by atoms with Crippen molar-refractivity contribution in [3.63, 3.8) is 0 Å². The second kappa shape index (κ2) is 4.42. The van der Waals surface area contributed by atoms with Gasteiger partial charge in [0.05, 0.1) is 0 Å². The van der Waals surface area contributed by atoms with Crippen molar-refractivity contribution in [2.45, 2.75) is 6.04 Å². The van der Waals surface area contributed by atoms with Crippen LogP contribution in [0, 0.1) is 0 Å². The second-order valence-electron chi connectivity index (χ2n) is 3.54. The molecule has 6 heteroatoms. The number of carbonyl (C=O) groups excluding carboxylic acids is 1. The van der Waals surface area contributed by atoms with Gasteiger partial charge in [0.1, 0.15) is 13.2 Å². The van der Waals surface area contributed by atoms with Crippen LogP contribution in [0.4, 0.5) is 0 Å². The van der Waals surface area contributed by atoms with E-state index < -0.39 is 17.8 Å². The van der Waals surface area contributed by atoms with E-state index in [0.717, 1.165) is 0 Å². The number of hydrogen-bond acceptors (Lipinski definition) is 5. The van der Waals surface area contributed by atoms with Crippen LogP contribution in [0.1, 0.15) is 10.4 Å². The van der Waals surface area contributed by atoms with E-state index in [-0.39, 0.29) is 5.56 Å². The second-order valence-corrected chi connectivity index (χ2v) is 3.54. The highest BCUT2D eigenvalue weighted by molar-refractivity contribution is 6.11. The summed E-state index contributed by atoms with van der Waals surface area (Å²) in [4.78, 5) is 22.3. The summed E-state index contributed by atoms with van der Waals surface area (Å²) in [6, 6.07) is 2.92. The molecule has 0 bridgehead atoms. The van der Waals surface area contributed by atoms with Crippen molar-refractivity contribution >= 4 is 11.8 Å². The Balaban J connectivity index is 2.28. The van der Waals surface area contributed by atoms with Gasteiger partial charge in [-0.15, -0.1) is 0 Å². The zero-order valence-corrected chi connectivity index (χ0v) is 8.88. The standard InChI is InChI=1S/C11H11NO5/c12-9(11(14)15)10(13)6-1-2-7-8(5-6)17-4-3-16-7/h1-2,5,9H,3-4,12H2,(H,14,15). The number of aliphatic carboxylic acids is 1. The van der Waals surface area contributed by atoms with Crippen LogP contribution < -0.4 is 15.2 Å². The van der Waals surface area contributed by atoms with Crippen molar-refractivity contribution in [1.82, 2.24) is 0 Å². The Bertz CT molecular complexity index is 471. The molecule has 1 heterocycles. The monoisotopic (exact) mass is 237 g/mol. The number of carboxylic acids is 1.